The number of carbonyl (C=O) groups excluding carboxylic acids is 1. The van der Waals surface area contributed by atoms with Gasteiger partial charge in [-0.25, -0.2) is 19.2 Å². The number of urea groups is 1. The molecule has 2 heterocycles. The van der Waals surface area contributed by atoms with Gasteiger partial charge in [-0.05, 0) is 42.7 Å². The first-order valence-electron chi connectivity index (χ1n) is 9.79. The number of anilines is 2. The van der Waals surface area contributed by atoms with Crippen LogP contribution in [0.4, 0.5) is 33.7 Å². The van der Waals surface area contributed by atoms with Crippen LogP contribution in [0.25, 0.3) is 11.2 Å². The van der Waals surface area contributed by atoms with Crippen LogP contribution in [0.15, 0.2) is 64.5 Å². The Balaban J connectivity index is 1.53. The third kappa shape index (κ3) is 5.51. The van der Waals surface area contributed by atoms with E-state index in [1.807, 2.05) is 0 Å². The molecule has 0 saturated carbocycles. The van der Waals surface area contributed by atoms with Crippen LogP contribution in [-0.4, -0.2) is 27.2 Å². The van der Waals surface area contributed by atoms with E-state index in [4.69, 9.17) is 4.74 Å². The molecule has 4 aromatic rings. The lowest BCUT2D eigenvalue weighted by molar-refractivity contribution is -0.137. The Kier molecular flexibility index (Phi) is 6.60. The van der Waals surface area contributed by atoms with Gasteiger partial charge in [0, 0.05) is 17.2 Å². The molecule has 35 heavy (non-hydrogen) atoms. The van der Waals surface area contributed by atoms with Crippen molar-refractivity contribution < 1.29 is 27.1 Å². The second-order valence-corrected chi connectivity index (χ2v) is 7.84. The van der Waals surface area contributed by atoms with E-state index in [-0.39, 0.29) is 5.65 Å². The van der Waals surface area contributed by atoms with Gasteiger partial charge in [-0.2, -0.15) is 13.2 Å². The van der Waals surface area contributed by atoms with Gasteiger partial charge in [-0.15, -0.1) is 11.8 Å². The van der Waals surface area contributed by atoms with E-state index in [1.165, 1.54) is 30.1 Å². The van der Waals surface area contributed by atoms with Gasteiger partial charge in [-0.3, -0.25) is 4.79 Å². The zero-order chi connectivity index (χ0) is 25.2. The third-order valence-corrected chi connectivity index (χ3v) is 5.41. The summed E-state index contributed by atoms with van der Waals surface area (Å²) in [6.07, 6.45) is -0.406. The number of nitrogens with one attached hydrogen (secondary N) is 3. The van der Waals surface area contributed by atoms with Crippen molar-refractivity contribution in [2.24, 2.45) is 0 Å². The van der Waals surface area contributed by atoms with E-state index in [1.54, 1.807) is 18.4 Å². The van der Waals surface area contributed by atoms with Crippen molar-refractivity contribution in [3.05, 3.63) is 76.6 Å². The monoisotopic (exact) mass is 505 g/mol. The molecule has 8 nitrogen and oxygen atoms in total. The molecule has 0 bridgehead atoms. The Morgan fingerprint density at radius 3 is 2.57 bits per heavy atom. The van der Waals surface area contributed by atoms with Crippen LogP contribution in [0.1, 0.15) is 5.56 Å². The summed E-state index contributed by atoms with van der Waals surface area (Å²) in [5.41, 5.74) is -1.22. The van der Waals surface area contributed by atoms with Crippen molar-refractivity contribution in [2.75, 3.05) is 16.9 Å². The molecular formula is C22H15F4N5O3S. The van der Waals surface area contributed by atoms with Crippen LogP contribution in [0.5, 0.6) is 11.5 Å². The predicted molar refractivity (Wildman–Crippen MR) is 122 cm³/mol. The first-order valence-corrected chi connectivity index (χ1v) is 11.0. The number of H-pyrrole nitrogens is 1. The van der Waals surface area contributed by atoms with Gasteiger partial charge in [-0.1, -0.05) is 0 Å². The second kappa shape index (κ2) is 9.62. The molecule has 13 heteroatoms. The van der Waals surface area contributed by atoms with Gasteiger partial charge in [0.05, 0.1) is 23.1 Å². The number of fused-ring (bicyclic) bond motifs is 1. The van der Waals surface area contributed by atoms with Crippen LogP contribution < -0.4 is 20.9 Å². The first-order chi connectivity index (χ1) is 16.6. The zero-order valence-corrected chi connectivity index (χ0v) is 18.6. The highest BCUT2D eigenvalue weighted by atomic mass is 32.2. The molecule has 0 spiro atoms. The number of rotatable bonds is 5. The third-order valence-electron chi connectivity index (χ3n) is 4.63. The Bertz CT molecular complexity index is 1480. The number of carbonyl (C=O) groups is 1. The number of thioether (sulfide) groups is 1. The standard InChI is InChI=1S/C22H15F4N5O3S/c1-35-17-9-12(34-16-6-7-27-20-19(16)28-10-18(32)31-20)3-5-14(17)29-21(33)30-15-8-11(22(24,25)26)2-4-13(15)23/h2-10H,1H3,(H,27,31,32)(H2,29,30,33). The van der Waals surface area contributed by atoms with E-state index in [9.17, 15) is 27.2 Å². The average Bonchev–Trinajstić information content (AvgIpc) is 2.80. The van der Waals surface area contributed by atoms with Crippen LogP contribution >= 0.6 is 11.8 Å². The van der Waals surface area contributed by atoms with E-state index < -0.39 is 34.8 Å². The molecule has 0 atom stereocenters. The van der Waals surface area contributed by atoms with Crippen LogP contribution in [-0.2, 0) is 6.18 Å². The highest BCUT2D eigenvalue weighted by Gasteiger charge is 2.31. The van der Waals surface area contributed by atoms with E-state index in [0.717, 1.165) is 6.20 Å². The number of hydrogen-bond donors (Lipinski definition) is 3. The Morgan fingerprint density at radius 2 is 1.83 bits per heavy atom. The summed E-state index contributed by atoms with van der Waals surface area (Å²) in [6.45, 7) is 0. The Morgan fingerprint density at radius 1 is 1.06 bits per heavy atom. The van der Waals surface area contributed by atoms with Gasteiger partial charge in [0.2, 0.25) is 0 Å². The Hall–Kier alpha value is -4.13. The lowest BCUT2D eigenvalue weighted by atomic mass is 10.2. The molecule has 0 saturated heterocycles. The SMILES string of the molecule is CSc1cc(Oc2ccnc3[nH]c(=O)cnc23)ccc1NC(=O)Nc1cc(C(F)(F)F)ccc1F. The number of amides is 2. The van der Waals surface area contributed by atoms with Crippen molar-refractivity contribution in [1.29, 1.82) is 0 Å². The maximum absolute atomic E-state index is 13.9. The number of alkyl halides is 3. The summed E-state index contributed by atoms with van der Waals surface area (Å²) >= 11 is 1.26. The summed E-state index contributed by atoms with van der Waals surface area (Å²) in [6, 6.07) is 7.04. The fourth-order valence-electron chi connectivity index (χ4n) is 3.05. The van der Waals surface area contributed by atoms with Crippen molar-refractivity contribution in [1.82, 2.24) is 15.0 Å². The minimum absolute atomic E-state index is 0.247. The summed E-state index contributed by atoms with van der Waals surface area (Å²) in [4.78, 5) is 35.0. The van der Waals surface area contributed by atoms with Crippen molar-refractivity contribution in [2.45, 2.75) is 11.1 Å². The topological polar surface area (TPSA) is 109 Å². The van der Waals surface area contributed by atoms with Gasteiger partial charge in [0.15, 0.2) is 11.4 Å². The largest absolute Gasteiger partial charge is 0.455 e. The number of benzene rings is 2. The summed E-state index contributed by atoms with van der Waals surface area (Å²) < 4.78 is 58.5. The lowest BCUT2D eigenvalue weighted by Gasteiger charge is -2.14. The number of aromatic amines is 1. The first kappa shape index (κ1) is 24.0. The minimum Gasteiger partial charge on any atom is -0.455 e. The molecule has 2 aromatic carbocycles. The predicted octanol–water partition coefficient (Wildman–Crippen LogP) is 5.63. The highest BCUT2D eigenvalue weighted by Crippen LogP contribution is 2.34. The maximum atomic E-state index is 13.9. The lowest BCUT2D eigenvalue weighted by Crippen LogP contribution is -2.21. The smallest absolute Gasteiger partial charge is 0.416 e. The quantitative estimate of drug-likeness (QED) is 0.240. The maximum Gasteiger partial charge on any atom is 0.416 e. The van der Waals surface area contributed by atoms with Crippen molar-refractivity contribution >= 4 is 40.3 Å². The number of nitrogens with zero attached hydrogens (tertiary/aromatic N) is 2. The zero-order valence-electron chi connectivity index (χ0n) is 17.7. The molecule has 0 radical (unpaired) electrons. The normalized spacial score (nSPS) is 11.3. The van der Waals surface area contributed by atoms with Gasteiger partial charge >= 0.3 is 12.2 Å². The van der Waals surface area contributed by atoms with Crippen molar-refractivity contribution in [3.8, 4) is 11.5 Å². The molecule has 0 unspecified atom stereocenters. The number of aromatic nitrogens is 3. The molecule has 0 aliphatic rings. The van der Waals surface area contributed by atoms with Crippen LogP contribution in [0.2, 0.25) is 0 Å². The minimum atomic E-state index is -4.69. The molecule has 2 amide bonds. The molecular weight excluding hydrogens is 490 g/mol. The van der Waals surface area contributed by atoms with E-state index in [0.29, 0.717) is 45.8 Å². The molecule has 4 rings (SSSR count). The van der Waals surface area contributed by atoms with Gasteiger partial charge in [0.25, 0.3) is 5.56 Å². The summed E-state index contributed by atoms with van der Waals surface area (Å²) in [5.74, 6) is -0.303. The van der Waals surface area contributed by atoms with Crippen LogP contribution in [0, 0.1) is 5.82 Å². The van der Waals surface area contributed by atoms with E-state index >= 15 is 0 Å². The molecule has 0 aliphatic carbocycles. The van der Waals surface area contributed by atoms with Gasteiger partial charge in [0.1, 0.15) is 17.1 Å². The summed E-state index contributed by atoms with van der Waals surface area (Å²) in [7, 11) is 0. The molecule has 2 aromatic heterocycles. The molecule has 0 aliphatic heterocycles. The summed E-state index contributed by atoms with van der Waals surface area (Å²) in [5, 5.41) is 4.58. The average molecular weight is 505 g/mol. The number of pyridine rings is 1. The highest BCUT2D eigenvalue weighted by molar-refractivity contribution is 7.98. The number of ether oxygens (including phenoxy) is 1. The fourth-order valence-corrected chi connectivity index (χ4v) is 3.62. The number of halogens is 4. The fraction of sp³-hybridized carbons (Fsp3) is 0.0909. The molecule has 0 fully saturated rings. The van der Waals surface area contributed by atoms with E-state index in [2.05, 4.69) is 25.6 Å². The Labute approximate surface area is 198 Å². The number of hydrogen-bond acceptors (Lipinski definition) is 6. The van der Waals surface area contributed by atoms with Crippen LogP contribution in [0.3, 0.4) is 0 Å². The molecule has 3 N–H and O–H groups in total. The van der Waals surface area contributed by atoms with Gasteiger partial charge < -0.3 is 20.4 Å². The molecule has 180 valence electrons. The van der Waals surface area contributed by atoms with Crippen molar-refractivity contribution in [3.63, 3.8) is 0 Å². The second-order valence-electron chi connectivity index (χ2n) is 6.99.